The Bertz CT molecular complexity index is 1050. The van der Waals surface area contributed by atoms with E-state index in [1.165, 1.54) is 30.5 Å². The quantitative estimate of drug-likeness (QED) is 0.597. The highest BCUT2D eigenvalue weighted by Gasteiger charge is 2.15. The molecule has 2 aromatic carbocycles. The minimum Gasteiger partial charge on any atom is -0.322 e. The highest BCUT2D eigenvalue weighted by molar-refractivity contribution is 9.10. The maximum Gasteiger partial charge on any atom is 0.256 e. The first-order valence-electron chi connectivity index (χ1n) is 9.38. The van der Waals surface area contributed by atoms with Crippen LogP contribution >= 0.6 is 15.9 Å². The molecule has 1 aromatic heterocycles. The molecule has 6 heteroatoms. The van der Waals surface area contributed by atoms with E-state index in [0.717, 1.165) is 36.1 Å². The van der Waals surface area contributed by atoms with Gasteiger partial charge in [-0.2, -0.15) is 0 Å². The standard InChI is InChI=1S/C22H21BrFN3O/c1-14-9-16-10-15(13-27-7-2-3-8-27)12-25-20(16)11-19(14)26-22(28)17-5-4-6-18(24)21(17)23/h4-6,9-12H,2-3,7-8,13H2,1H3,(H,26,28). The van der Waals surface area contributed by atoms with Crippen LogP contribution < -0.4 is 5.32 Å². The number of nitrogens with one attached hydrogen (secondary N) is 1. The molecule has 1 amide bonds. The van der Waals surface area contributed by atoms with Gasteiger partial charge in [0.25, 0.3) is 5.91 Å². The third kappa shape index (κ3) is 3.93. The van der Waals surface area contributed by atoms with Gasteiger partial charge in [0.15, 0.2) is 0 Å². The SMILES string of the molecule is Cc1cc2cc(CN3CCCC3)cnc2cc1NC(=O)c1cccc(F)c1Br. The minimum absolute atomic E-state index is 0.163. The van der Waals surface area contributed by atoms with Crippen LogP contribution in [-0.2, 0) is 6.54 Å². The summed E-state index contributed by atoms with van der Waals surface area (Å²) in [7, 11) is 0. The lowest BCUT2D eigenvalue weighted by molar-refractivity contribution is 0.102. The molecule has 1 N–H and O–H groups in total. The van der Waals surface area contributed by atoms with Crippen molar-refractivity contribution < 1.29 is 9.18 Å². The number of anilines is 1. The number of rotatable bonds is 4. The zero-order valence-electron chi connectivity index (χ0n) is 15.6. The van der Waals surface area contributed by atoms with Gasteiger partial charge in [-0.3, -0.25) is 14.7 Å². The number of benzene rings is 2. The number of carbonyl (C=O) groups excluding carboxylic acids is 1. The first kappa shape index (κ1) is 19.0. The van der Waals surface area contributed by atoms with E-state index in [1.54, 1.807) is 6.07 Å². The second-order valence-electron chi connectivity index (χ2n) is 7.24. The van der Waals surface area contributed by atoms with E-state index in [0.29, 0.717) is 5.69 Å². The summed E-state index contributed by atoms with van der Waals surface area (Å²) >= 11 is 3.14. The Labute approximate surface area is 171 Å². The molecule has 1 saturated heterocycles. The molecule has 3 aromatic rings. The lowest BCUT2D eigenvalue weighted by atomic mass is 10.1. The van der Waals surface area contributed by atoms with Crippen molar-refractivity contribution in [3.05, 3.63) is 69.6 Å². The summed E-state index contributed by atoms with van der Waals surface area (Å²) in [5.41, 5.74) is 3.90. The molecule has 0 unspecified atom stereocenters. The minimum atomic E-state index is -0.463. The van der Waals surface area contributed by atoms with Gasteiger partial charge in [-0.1, -0.05) is 6.07 Å². The highest BCUT2D eigenvalue weighted by Crippen LogP contribution is 2.26. The molecular weight excluding hydrogens is 421 g/mol. The summed E-state index contributed by atoms with van der Waals surface area (Å²) in [6, 6.07) is 10.5. The van der Waals surface area contributed by atoms with Crippen LogP contribution in [0.25, 0.3) is 10.9 Å². The molecule has 4 rings (SSSR count). The fraction of sp³-hybridized carbons (Fsp3) is 0.273. The van der Waals surface area contributed by atoms with E-state index in [4.69, 9.17) is 0 Å². The molecule has 4 nitrogen and oxygen atoms in total. The summed E-state index contributed by atoms with van der Waals surface area (Å²) in [6.45, 7) is 5.17. The van der Waals surface area contributed by atoms with Crippen molar-refractivity contribution in [3.63, 3.8) is 0 Å². The number of nitrogens with zero attached hydrogens (tertiary/aromatic N) is 2. The van der Waals surface area contributed by atoms with Crippen molar-refractivity contribution in [1.29, 1.82) is 0 Å². The number of aryl methyl sites for hydroxylation is 1. The second kappa shape index (κ2) is 7.97. The Morgan fingerprint density at radius 2 is 2.04 bits per heavy atom. The Balaban J connectivity index is 1.58. The van der Waals surface area contributed by atoms with Crippen LogP contribution in [0.3, 0.4) is 0 Å². The lowest BCUT2D eigenvalue weighted by Crippen LogP contribution is -2.18. The molecule has 2 heterocycles. The topological polar surface area (TPSA) is 45.2 Å². The molecular formula is C22H21BrFN3O. The Morgan fingerprint density at radius 1 is 1.25 bits per heavy atom. The summed E-state index contributed by atoms with van der Waals surface area (Å²) in [5, 5.41) is 3.93. The molecule has 0 saturated carbocycles. The highest BCUT2D eigenvalue weighted by atomic mass is 79.9. The van der Waals surface area contributed by atoms with E-state index in [1.807, 2.05) is 25.3 Å². The van der Waals surface area contributed by atoms with Gasteiger partial charge in [0.2, 0.25) is 0 Å². The maximum absolute atomic E-state index is 13.7. The Kier molecular flexibility index (Phi) is 5.42. The normalized spacial score (nSPS) is 14.5. The largest absolute Gasteiger partial charge is 0.322 e. The zero-order chi connectivity index (χ0) is 19.7. The van der Waals surface area contributed by atoms with Gasteiger partial charge in [-0.05, 0) is 90.2 Å². The first-order chi connectivity index (χ1) is 13.5. The fourth-order valence-electron chi connectivity index (χ4n) is 3.62. The van der Waals surface area contributed by atoms with Crippen LogP contribution in [-0.4, -0.2) is 28.9 Å². The van der Waals surface area contributed by atoms with E-state index in [-0.39, 0.29) is 15.9 Å². The van der Waals surface area contributed by atoms with Gasteiger partial charge in [0, 0.05) is 23.8 Å². The number of fused-ring (bicyclic) bond motifs is 1. The Hall–Kier alpha value is -2.31. The zero-order valence-corrected chi connectivity index (χ0v) is 17.2. The van der Waals surface area contributed by atoms with Gasteiger partial charge in [0.1, 0.15) is 5.82 Å². The molecule has 1 aliphatic rings. The van der Waals surface area contributed by atoms with Gasteiger partial charge in [-0.25, -0.2) is 4.39 Å². The number of hydrogen-bond acceptors (Lipinski definition) is 3. The van der Waals surface area contributed by atoms with Crippen molar-refractivity contribution >= 4 is 38.4 Å². The van der Waals surface area contributed by atoms with E-state index in [2.05, 4.69) is 37.2 Å². The van der Waals surface area contributed by atoms with Crippen molar-refractivity contribution in [2.24, 2.45) is 0 Å². The number of hydrogen-bond donors (Lipinski definition) is 1. The molecule has 0 spiro atoms. The van der Waals surface area contributed by atoms with Crippen LogP contribution in [0.2, 0.25) is 0 Å². The van der Waals surface area contributed by atoms with Gasteiger partial charge < -0.3 is 5.32 Å². The van der Waals surface area contributed by atoms with Crippen molar-refractivity contribution in [1.82, 2.24) is 9.88 Å². The third-order valence-corrected chi connectivity index (χ3v) is 5.94. The summed E-state index contributed by atoms with van der Waals surface area (Å²) in [4.78, 5) is 19.6. The number of carbonyl (C=O) groups is 1. The monoisotopic (exact) mass is 441 g/mol. The van der Waals surface area contributed by atoms with E-state index in [9.17, 15) is 9.18 Å². The van der Waals surface area contributed by atoms with Crippen LogP contribution in [0.4, 0.5) is 10.1 Å². The average molecular weight is 442 g/mol. The predicted molar refractivity (Wildman–Crippen MR) is 113 cm³/mol. The van der Waals surface area contributed by atoms with Crippen LogP contribution in [0, 0.1) is 12.7 Å². The number of halogens is 2. The first-order valence-corrected chi connectivity index (χ1v) is 10.2. The molecule has 0 aliphatic carbocycles. The van der Waals surface area contributed by atoms with Gasteiger partial charge >= 0.3 is 0 Å². The lowest BCUT2D eigenvalue weighted by Gasteiger charge is -2.15. The maximum atomic E-state index is 13.7. The number of likely N-dealkylation sites (tertiary alicyclic amines) is 1. The average Bonchev–Trinajstić information content (AvgIpc) is 3.17. The van der Waals surface area contributed by atoms with Crippen LogP contribution in [0.5, 0.6) is 0 Å². The number of pyridine rings is 1. The van der Waals surface area contributed by atoms with Gasteiger partial charge in [-0.15, -0.1) is 0 Å². The predicted octanol–water partition coefficient (Wildman–Crippen LogP) is 5.29. The molecule has 28 heavy (non-hydrogen) atoms. The van der Waals surface area contributed by atoms with E-state index >= 15 is 0 Å². The fourth-order valence-corrected chi connectivity index (χ4v) is 4.07. The summed E-state index contributed by atoms with van der Waals surface area (Å²) in [5.74, 6) is -0.824. The van der Waals surface area contributed by atoms with Gasteiger partial charge in [0.05, 0.1) is 15.6 Å². The third-order valence-electron chi connectivity index (χ3n) is 5.13. The molecule has 0 bridgehead atoms. The number of aromatic nitrogens is 1. The van der Waals surface area contributed by atoms with Crippen molar-refractivity contribution in [2.75, 3.05) is 18.4 Å². The molecule has 0 radical (unpaired) electrons. The van der Waals surface area contributed by atoms with E-state index < -0.39 is 5.82 Å². The molecule has 0 atom stereocenters. The number of amides is 1. The summed E-state index contributed by atoms with van der Waals surface area (Å²) < 4.78 is 13.9. The van der Waals surface area contributed by atoms with Crippen molar-refractivity contribution in [2.45, 2.75) is 26.3 Å². The Morgan fingerprint density at radius 3 is 2.82 bits per heavy atom. The van der Waals surface area contributed by atoms with Crippen LogP contribution in [0.1, 0.15) is 34.3 Å². The van der Waals surface area contributed by atoms with Crippen molar-refractivity contribution in [3.8, 4) is 0 Å². The smallest absolute Gasteiger partial charge is 0.256 e. The second-order valence-corrected chi connectivity index (χ2v) is 8.04. The molecule has 144 valence electrons. The molecule has 1 fully saturated rings. The summed E-state index contributed by atoms with van der Waals surface area (Å²) in [6.07, 6.45) is 4.44. The van der Waals surface area contributed by atoms with Crippen LogP contribution in [0.15, 0.2) is 47.1 Å². The molecule has 1 aliphatic heterocycles.